The topological polar surface area (TPSA) is 37.3 Å². The first-order chi connectivity index (χ1) is 5.13. The van der Waals surface area contributed by atoms with E-state index in [0.29, 0.717) is 0 Å². The molecule has 0 aromatic rings. The molecule has 0 aliphatic rings. The number of rotatable bonds is 2. The molecule has 2 nitrogen and oxygen atoms in total. The van der Waals surface area contributed by atoms with E-state index < -0.39 is 6.10 Å². The van der Waals surface area contributed by atoms with Gasteiger partial charge in [-0.25, -0.2) is 0 Å². The number of carbonyl (C=O) groups excluding carboxylic acids is 1. The Labute approximate surface area is 88.1 Å². The Balaban J connectivity index is -0.0000000560. The van der Waals surface area contributed by atoms with Gasteiger partial charge in [0.2, 0.25) is 0 Å². The van der Waals surface area contributed by atoms with Crippen LogP contribution in [0.25, 0.3) is 0 Å². The quantitative estimate of drug-likeness (QED) is 0.609. The summed E-state index contributed by atoms with van der Waals surface area (Å²) in [5, 5.41) is 8.50. The first kappa shape index (κ1) is 22.6. The van der Waals surface area contributed by atoms with Crippen molar-refractivity contribution >= 4 is 5.78 Å². The van der Waals surface area contributed by atoms with Crippen molar-refractivity contribution < 1.29 is 29.4 Å². The van der Waals surface area contributed by atoms with E-state index in [-0.39, 0.29) is 31.7 Å². The van der Waals surface area contributed by atoms with Gasteiger partial charge < -0.3 is 5.11 Å². The van der Waals surface area contributed by atoms with Crippen LogP contribution in [0.15, 0.2) is 26.3 Å². The molecule has 0 spiro atoms. The zero-order valence-electron chi connectivity index (χ0n) is 7.80. The zero-order valence-corrected chi connectivity index (χ0v) is 9.44. The van der Waals surface area contributed by atoms with Crippen LogP contribution >= 0.6 is 0 Å². The summed E-state index contributed by atoms with van der Waals surface area (Å²) in [6.45, 7) is 15.1. The van der Waals surface area contributed by atoms with E-state index in [1.165, 1.54) is 6.92 Å². The monoisotopic (exact) mass is 261 g/mol. The van der Waals surface area contributed by atoms with Gasteiger partial charge in [0.05, 0.1) is 6.10 Å². The fraction of sp³-hybridized carbons (Fsp3) is 0.444. The van der Waals surface area contributed by atoms with Gasteiger partial charge in [0.15, 0.2) is 0 Å². The Morgan fingerprint density at radius 2 is 1.58 bits per heavy atom. The molecule has 75 valence electrons. The van der Waals surface area contributed by atoms with Crippen LogP contribution in [0.3, 0.4) is 0 Å². The van der Waals surface area contributed by atoms with Gasteiger partial charge in [-0.3, -0.25) is 4.79 Å². The third-order valence-corrected chi connectivity index (χ3v) is 0.583. The smallest absolute Gasteiger partial charge is 0.132 e. The maximum absolute atomic E-state index is 10.1. The Kier molecular flexibility index (Phi) is 42.2. The standard InChI is InChI=1S/C5H10O2.2C2H4.Rh/c1-4(6)3-5(2)7;2*1-2;/h4,6H,3H2,1-2H3;2*1-2H2;. The Morgan fingerprint density at radius 3 is 1.58 bits per heavy atom. The van der Waals surface area contributed by atoms with Gasteiger partial charge >= 0.3 is 0 Å². The molecule has 0 amide bonds. The molecule has 0 aliphatic heterocycles. The summed E-state index contributed by atoms with van der Waals surface area (Å²) in [5.41, 5.74) is 0. The van der Waals surface area contributed by atoms with E-state index in [1.807, 2.05) is 0 Å². The summed E-state index contributed by atoms with van der Waals surface area (Å²) < 4.78 is 0. The molecule has 0 rings (SSSR count). The second-order valence-corrected chi connectivity index (χ2v) is 1.76. The van der Waals surface area contributed by atoms with E-state index in [1.54, 1.807) is 6.92 Å². The second-order valence-electron chi connectivity index (χ2n) is 1.76. The van der Waals surface area contributed by atoms with Crippen LogP contribution in [0.5, 0.6) is 0 Å². The third kappa shape index (κ3) is 53.3. The van der Waals surface area contributed by atoms with Crippen LogP contribution in [0.4, 0.5) is 0 Å². The molecule has 0 aliphatic carbocycles. The number of Topliss-reactive ketones (excluding diaryl/α,β-unsaturated/α-hetero) is 1. The number of carbonyl (C=O) groups is 1. The molecule has 12 heavy (non-hydrogen) atoms. The van der Waals surface area contributed by atoms with E-state index in [4.69, 9.17) is 5.11 Å². The van der Waals surface area contributed by atoms with Crippen LogP contribution in [0.2, 0.25) is 0 Å². The molecule has 1 N–H and O–H groups in total. The third-order valence-electron chi connectivity index (χ3n) is 0.583. The normalized spacial score (nSPS) is 8.58. The Bertz CT molecular complexity index is 90.5. The summed E-state index contributed by atoms with van der Waals surface area (Å²) in [5.74, 6) is 0.0370. The van der Waals surface area contributed by atoms with Crippen molar-refractivity contribution in [3.63, 3.8) is 0 Å². The van der Waals surface area contributed by atoms with Crippen molar-refractivity contribution in [2.75, 3.05) is 0 Å². The van der Waals surface area contributed by atoms with E-state index >= 15 is 0 Å². The summed E-state index contributed by atoms with van der Waals surface area (Å²) in [6.07, 6.45) is -0.197. The van der Waals surface area contributed by atoms with E-state index in [2.05, 4.69) is 26.3 Å². The average molecular weight is 261 g/mol. The van der Waals surface area contributed by atoms with Gasteiger partial charge in [0.25, 0.3) is 0 Å². The summed E-state index contributed by atoms with van der Waals surface area (Å²) in [6, 6.07) is 0. The van der Waals surface area contributed by atoms with Crippen LogP contribution in [0, 0.1) is 0 Å². The molecule has 1 radical (unpaired) electrons. The molecule has 0 bridgehead atoms. The molecular weight excluding hydrogens is 243 g/mol. The fourth-order valence-electron chi connectivity index (χ4n) is 0.416. The van der Waals surface area contributed by atoms with Gasteiger partial charge in [0, 0.05) is 25.9 Å². The van der Waals surface area contributed by atoms with Crippen molar-refractivity contribution in [1.29, 1.82) is 0 Å². The van der Waals surface area contributed by atoms with Crippen molar-refractivity contribution in [1.82, 2.24) is 0 Å². The van der Waals surface area contributed by atoms with Gasteiger partial charge in [-0.2, -0.15) is 0 Å². The van der Waals surface area contributed by atoms with E-state index in [9.17, 15) is 4.79 Å². The molecule has 1 unspecified atom stereocenters. The molecule has 0 aromatic heterocycles. The number of aliphatic hydroxyl groups is 1. The van der Waals surface area contributed by atoms with Crippen LogP contribution in [-0.4, -0.2) is 17.0 Å². The van der Waals surface area contributed by atoms with Crippen LogP contribution in [-0.2, 0) is 24.3 Å². The molecule has 1 atom stereocenters. The Hall–Kier alpha value is -0.267. The summed E-state index contributed by atoms with van der Waals surface area (Å²) in [7, 11) is 0. The van der Waals surface area contributed by atoms with Gasteiger partial charge in [-0.05, 0) is 13.8 Å². The van der Waals surface area contributed by atoms with Crippen LogP contribution in [0.1, 0.15) is 20.3 Å². The van der Waals surface area contributed by atoms with E-state index in [0.717, 1.165) is 0 Å². The molecule has 0 fully saturated rings. The first-order valence-corrected chi connectivity index (χ1v) is 3.30. The van der Waals surface area contributed by atoms with Crippen molar-refractivity contribution in [3.05, 3.63) is 26.3 Å². The zero-order chi connectivity index (χ0) is 9.86. The fourth-order valence-corrected chi connectivity index (χ4v) is 0.416. The molecule has 0 saturated heterocycles. The summed E-state index contributed by atoms with van der Waals surface area (Å²) in [4.78, 5) is 10.1. The largest absolute Gasteiger partial charge is 0.393 e. The first-order valence-electron chi connectivity index (χ1n) is 3.30. The predicted molar refractivity (Wildman–Crippen MR) is 49.5 cm³/mol. The molecule has 0 heterocycles. The van der Waals surface area contributed by atoms with Crippen molar-refractivity contribution in [2.24, 2.45) is 0 Å². The van der Waals surface area contributed by atoms with Gasteiger partial charge in [-0.1, -0.05) is 0 Å². The average Bonchev–Trinajstić information content (AvgIpc) is 1.93. The predicted octanol–water partition coefficient (Wildman–Crippen LogP) is 1.95. The molecular formula is C9H18O2Rh. The number of ketones is 1. The van der Waals surface area contributed by atoms with Gasteiger partial charge in [-0.15, -0.1) is 26.3 Å². The van der Waals surface area contributed by atoms with Crippen molar-refractivity contribution in [2.45, 2.75) is 26.4 Å². The number of aliphatic hydroxyl groups excluding tert-OH is 1. The van der Waals surface area contributed by atoms with Crippen molar-refractivity contribution in [3.8, 4) is 0 Å². The Morgan fingerprint density at radius 1 is 1.33 bits per heavy atom. The minimum atomic E-state index is -0.475. The van der Waals surface area contributed by atoms with Gasteiger partial charge in [0.1, 0.15) is 5.78 Å². The minimum Gasteiger partial charge on any atom is -0.393 e. The minimum absolute atomic E-state index is 0. The number of hydrogen-bond donors (Lipinski definition) is 1. The molecule has 3 heteroatoms. The maximum atomic E-state index is 10.1. The number of hydrogen-bond acceptors (Lipinski definition) is 2. The second kappa shape index (κ2) is 22.4. The maximum Gasteiger partial charge on any atom is 0.132 e. The molecule has 0 aromatic carbocycles. The SMILES string of the molecule is C=C.C=C.CC(=O)CC(C)O.[Rh]. The summed E-state index contributed by atoms with van der Waals surface area (Å²) >= 11 is 0. The van der Waals surface area contributed by atoms with Crippen LogP contribution < -0.4 is 0 Å². The molecule has 0 saturated carbocycles.